The van der Waals surface area contributed by atoms with Gasteiger partial charge in [0.15, 0.2) is 37.6 Å². The van der Waals surface area contributed by atoms with Gasteiger partial charge in [-0.3, -0.25) is 0 Å². The lowest BCUT2D eigenvalue weighted by molar-refractivity contribution is 0.470. The standard InChI is InChI=1S/C46H56F4O2P2S4/c1-5-9-13-17-21-29-25-33-43(55-29)44-34(26-30(56-44)22-18-14-10-6-2)53(33,51)41-37(47)39(49)42(40(50)38(41)48)54(52)35-27-31(23-19-15-11-7-3)57-45(35)46-36(54)28-32(58-46)24-20-16-12-8-4/h25-28H,5-24H2,1-4H3. The zero-order valence-corrected chi connectivity index (χ0v) is 39.4. The minimum Gasteiger partial charge on any atom is -0.308 e. The molecule has 2 aliphatic heterocycles. The summed E-state index contributed by atoms with van der Waals surface area (Å²) in [6.45, 7) is 8.56. The summed E-state index contributed by atoms with van der Waals surface area (Å²) in [5, 5.41) is -1.07. The highest BCUT2D eigenvalue weighted by Gasteiger charge is 2.53. The van der Waals surface area contributed by atoms with Crippen molar-refractivity contribution in [1.82, 2.24) is 0 Å². The SMILES string of the molecule is CCCCCCc1cc2c(s1)-c1sc(CCCCCC)cc1P2(=O)c1c(F)c(F)c(P2(=O)c3cc(CCCCCC)sc3-c3sc(CCCCCC)cc32)c(F)c1F. The van der Waals surface area contributed by atoms with Crippen molar-refractivity contribution in [3.05, 3.63) is 67.0 Å². The maximum atomic E-state index is 17.2. The molecule has 0 aliphatic carbocycles. The van der Waals surface area contributed by atoms with Crippen LogP contribution in [0.15, 0.2) is 24.3 Å². The summed E-state index contributed by atoms with van der Waals surface area (Å²) in [5.74, 6) is -6.79. The number of unbranched alkanes of at least 4 members (excludes halogenated alkanes) is 12. The quantitative estimate of drug-likeness (QED) is 0.0294. The highest BCUT2D eigenvalue weighted by molar-refractivity contribution is 7.88. The minimum absolute atomic E-state index is 0.263. The van der Waals surface area contributed by atoms with E-state index in [2.05, 4.69) is 27.7 Å². The molecule has 58 heavy (non-hydrogen) atoms. The van der Waals surface area contributed by atoms with E-state index < -0.39 is 48.2 Å². The molecule has 0 radical (unpaired) electrons. The molecule has 2 aliphatic rings. The summed E-state index contributed by atoms with van der Waals surface area (Å²) in [4.78, 5) is 6.53. The molecule has 0 saturated carbocycles. The van der Waals surface area contributed by atoms with E-state index >= 15 is 26.7 Å². The van der Waals surface area contributed by atoms with E-state index in [1.165, 1.54) is 45.3 Å². The Hall–Kier alpha value is -1.80. The molecule has 6 heterocycles. The van der Waals surface area contributed by atoms with E-state index in [9.17, 15) is 0 Å². The predicted molar refractivity (Wildman–Crippen MR) is 246 cm³/mol. The number of thiophene rings is 4. The van der Waals surface area contributed by atoms with E-state index in [0.717, 1.165) is 148 Å². The molecule has 0 fully saturated rings. The second-order valence-electron chi connectivity index (χ2n) is 16.1. The van der Waals surface area contributed by atoms with Crippen LogP contribution in [0.4, 0.5) is 17.6 Å². The van der Waals surface area contributed by atoms with Crippen LogP contribution in [0, 0.1) is 23.3 Å². The molecular weight excluding hydrogens is 851 g/mol. The van der Waals surface area contributed by atoms with Crippen LogP contribution < -0.4 is 31.8 Å². The molecule has 314 valence electrons. The Bertz CT molecular complexity index is 2040. The van der Waals surface area contributed by atoms with Crippen molar-refractivity contribution in [2.24, 2.45) is 0 Å². The third-order valence-electron chi connectivity index (χ3n) is 11.8. The maximum Gasteiger partial charge on any atom is 0.180 e. The largest absolute Gasteiger partial charge is 0.308 e. The molecule has 0 atom stereocenters. The predicted octanol–water partition coefficient (Wildman–Crippen LogP) is 14.2. The van der Waals surface area contributed by atoms with Gasteiger partial charge in [0.25, 0.3) is 0 Å². The van der Waals surface area contributed by atoms with Gasteiger partial charge in [0.2, 0.25) is 0 Å². The number of rotatable bonds is 22. The number of benzene rings is 1. The van der Waals surface area contributed by atoms with Crippen LogP contribution in [0.3, 0.4) is 0 Å². The number of aryl methyl sites for hydroxylation is 4. The van der Waals surface area contributed by atoms with Gasteiger partial charge in [-0.15, -0.1) is 45.3 Å². The third kappa shape index (κ3) is 8.03. The molecular formula is C46H56F4O2P2S4. The van der Waals surface area contributed by atoms with E-state index in [1.54, 1.807) is 24.3 Å². The highest BCUT2D eigenvalue weighted by atomic mass is 32.1. The van der Waals surface area contributed by atoms with Crippen LogP contribution in [0.5, 0.6) is 0 Å². The van der Waals surface area contributed by atoms with E-state index in [4.69, 9.17) is 0 Å². The Morgan fingerprint density at radius 2 is 0.603 bits per heavy atom. The fraction of sp³-hybridized carbons (Fsp3) is 0.522. The summed E-state index contributed by atoms with van der Waals surface area (Å²) < 4.78 is 100. The van der Waals surface area contributed by atoms with Gasteiger partial charge in [0.05, 0.1) is 30.1 Å². The van der Waals surface area contributed by atoms with Crippen molar-refractivity contribution in [3.63, 3.8) is 0 Å². The number of fused-ring (bicyclic) bond motifs is 6. The molecule has 0 N–H and O–H groups in total. The Kier molecular flexibility index (Phi) is 14.6. The Balaban J connectivity index is 1.35. The maximum absolute atomic E-state index is 17.2. The van der Waals surface area contributed by atoms with Gasteiger partial charge in [-0.05, 0) is 75.6 Å². The first-order valence-corrected chi connectivity index (χ1v) is 28.3. The number of hydrogen-bond donors (Lipinski definition) is 0. The van der Waals surface area contributed by atoms with Gasteiger partial charge in [0, 0.05) is 40.7 Å². The van der Waals surface area contributed by atoms with Crippen molar-refractivity contribution >= 4 is 91.5 Å². The third-order valence-corrected chi connectivity index (χ3v) is 23.7. The van der Waals surface area contributed by atoms with Gasteiger partial charge < -0.3 is 9.13 Å². The van der Waals surface area contributed by atoms with E-state index in [0.29, 0.717) is 19.5 Å². The van der Waals surface area contributed by atoms with Crippen LogP contribution in [0.1, 0.15) is 150 Å². The second kappa shape index (κ2) is 19.1. The average Bonchev–Trinajstić information content (AvgIpc) is 4.06. The zero-order valence-electron chi connectivity index (χ0n) is 34.3. The van der Waals surface area contributed by atoms with Crippen molar-refractivity contribution in [3.8, 4) is 19.5 Å². The molecule has 4 aromatic heterocycles. The number of halogens is 4. The normalized spacial score (nSPS) is 14.6. The lowest BCUT2D eigenvalue weighted by Gasteiger charge is -2.21. The molecule has 0 spiro atoms. The number of hydrogen-bond acceptors (Lipinski definition) is 6. The summed E-state index contributed by atoms with van der Waals surface area (Å²) >= 11 is 5.91. The lowest BCUT2D eigenvalue weighted by Crippen LogP contribution is -2.35. The summed E-state index contributed by atoms with van der Waals surface area (Å²) in [6.07, 6.45) is 19.4. The zero-order chi connectivity index (χ0) is 41.2. The average molecular weight is 907 g/mol. The van der Waals surface area contributed by atoms with Crippen LogP contribution in [-0.4, -0.2) is 0 Å². The fourth-order valence-electron chi connectivity index (χ4n) is 8.61. The molecule has 0 unspecified atom stereocenters. The highest BCUT2D eigenvalue weighted by Crippen LogP contribution is 2.61. The van der Waals surface area contributed by atoms with Crippen molar-refractivity contribution in [2.75, 3.05) is 0 Å². The van der Waals surface area contributed by atoms with Crippen LogP contribution in [0.2, 0.25) is 0 Å². The van der Waals surface area contributed by atoms with Crippen LogP contribution in [0.25, 0.3) is 19.5 Å². The first-order valence-electron chi connectivity index (χ1n) is 21.6. The van der Waals surface area contributed by atoms with Gasteiger partial charge in [0.1, 0.15) is 0 Å². The molecule has 0 amide bonds. The van der Waals surface area contributed by atoms with Gasteiger partial charge >= 0.3 is 0 Å². The molecule has 2 nitrogen and oxygen atoms in total. The Morgan fingerprint density at radius 1 is 0.379 bits per heavy atom. The first-order chi connectivity index (χ1) is 28.0. The van der Waals surface area contributed by atoms with E-state index in [1.807, 2.05) is 0 Å². The van der Waals surface area contributed by atoms with Crippen LogP contribution in [-0.2, 0) is 34.8 Å². The Morgan fingerprint density at radius 3 is 0.810 bits per heavy atom. The Labute approximate surface area is 358 Å². The van der Waals surface area contributed by atoms with Crippen LogP contribution >= 0.6 is 59.6 Å². The molecule has 7 rings (SSSR count). The molecule has 0 bridgehead atoms. The lowest BCUT2D eigenvalue weighted by atomic mass is 10.1. The summed E-state index contributed by atoms with van der Waals surface area (Å²) in [5.41, 5.74) is 0. The van der Waals surface area contributed by atoms with Gasteiger partial charge in [-0.2, -0.15) is 0 Å². The van der Waals surface area contributed by atoms with Gasteiger partial charge in [-0.1, -0.05) is 105 Å². The monoisotopic (exact) mass is 906 g/mol. The summed E-state index contributed by atoms with van der Waals surface area (Å²) in [6, 6.07) is 7.06. The van der Waals surface area contributed by atoms with Gasteiger partial charge in [-0.25, -0.2) is 17.6 Å². The molecule has 5 aromatic rings. The van der Waals surface area contributed by atoms with Crippen molar-refractivity contribution in [1.29, 1.82) is 0 Å². The second-order valence-corrected chi connectivity index (χ2v) is 25.9. The smallest absolute Gasteiger partial charge is 0.180 e. The van der Waals surface area contributed by atoms with E-state index in [-0.39, 0.29) is 21.2 Å². The molecule has 12 heteroatoms. The topological polar surface area (TPSA) is 34.1 Å². The first kappa shape index (κ1) is 44.3. The van der Waals surface area contributed by atoms with Crippen molar-refractivity contribution in [2.45, 2.75) is 156 Å². The minimum atomic E-state index is -4.41. The van der Waals surface area contributed by atoms with Crippen molar-refractivity contribution < 1.29 is 26.7 Å². The molecule has 0 saturated heterocycles. The fourth-order valence-corrected chi connectivity index (χ4v) is 22.0. The summed E-state index contributed by atoms with van der Waals surface area (Å²) in [7, 11) is -8.82. The molecule has 1 aromatic carbocycles.